The minimum atomic E-state index is -0.623. The first-order valence-corrected chi connectivity index (χ1v) is 15.5. The molecule has 8 heteroatoms. The van der Waals surface area contributed by atoms with Crippen LogP contribution in [0.3, 0.4) is 0 Å². The number of aromatic nitrogens is 1. The van der Waals surface area contributed by atoms with Crippen molar-refractivity contribution in [3.63, 3.8) is 0 Å². The number of rotatable bonds is 7. The SMILES string of the molecule is COc1c(O)c(O)c(CO)c([C@@H]2C[C@H](O)[C@@H]3CC[C@H](c4ccc(O)c([C@@H]5C=CC[C@@H](C)C5)c4)C[C@@H]3O2)c1Cc1cc[nH]c1. The lowest BCUT2D eigenvalue weighted by molar-refractivity contribution is -0.154. The molecule has 3 aromatic rings. The monoisotopic (exact) mass is 589 g/mol. The first kappa shape index (κ1) is 29.6. The normalized spacial score (nSPS) is 28.9. The summed E-state index contributed by atoms with van der Waals surface area (Å²) < 4.78 is 12.4. The van der Waals surface area contributed by atoms with E-state index in [-0.39, 0.29) is 35.2 Å². The Kier molecular flexibility index (Phi) is 8.45. The third kappa shape index (κ3) is 5.64. The molecule has 0 radical (unpaired) electrons. The van der Waals surface area contributed by atoms with Crippen molar-refractivity contribution in [2.24, 2.45) is 11.8 Å². The van der Waals surface area contributed by atoms with E-state index in [1.54, 1.807) is 0 Å². The van der Waals surface area contributed by atoms with Gasteiger partial charge in [-0.2, -0.15) is 0 Å². The van der Waals surface area contributed by atoms with Crippen molar-refractivity contribution in [2.75, 3.05) is 7.11 Å². The number of allylic oxidation sites excluding steroid dienone is 2. The van der Waals surface area contributed by atoms with Gasteiger partial charge in [-0.25, -0.2) is 0 Å². The molecule has 2 heterocycles. The first-order valence-electron chi connectivity index (χ1n) is 15.5. The van der Waals surface area contributed by atoms with Crippen LogP contribution in [-0.4, -0.2) is 49.8 Å². The molecule has 3 aliphatic rings. The van der Waals surface area contributed by atoms with Gasteiger partial charge in [-0.3, -0.25) is 0 Å². The van der Waals surface area contributed by atoms with Gasteiger partial charge in [0.05, 0.1) is 32.0 Å². The molecule has 0 bridgehead atoms. The summed E-state index contributed by atoms with van der Waals surface area (Å²) in [5.41, 5.74) is 4.43. The first-order chi connectivity index (χ1) is 20.8. The third-order valence-electron chi connectivity index (χ3n) is 9.99. The Hall–Kier alpha value is -3.46. The number of fused-ring (bicyclic) bond motifs is 1. The summed E-state index contributed by atoms with van der Waals surface area (Å²) in [5.74, 6) is 0.569. The zero-order chi connectivity index (χ0) is 30.2. The highest BCUT2D eigenvalue weighted by Crippen LogP contribution is 2.52. The van der Waals surface area contributed by atoms with Crippen LogP contribution in [0.25, 0.3) is 0 Å². The van der Waals surface area contributed by atoms with Gasteiger partial charge in [0.15, 0.2) is 11.5 Å². The number of benzene rings is 2. The maximum atomic E-state index is 11.4. The minimum absolute atomic E-state index is 0.0236. The molecule has 0 spiro atoms. The van der Waals surface area contributed by atoms with Crippen LogP contribution in [0.5, 0.6) is 23.0 Å². The zero-order valence-corrected chi connectivity index (χ0v) is 24.9. The number of nitrogens with one attached hydrogen (secondary N) is 1. The van der Waals surface area contributed by atoms with Gasteiger partial charge in [0.25, 0.3) is 0 Å². The van der Waals surface area contributed by atoms with Gasteiger partial charge in [0, 0.05) is 53.8 Å². The van der Waals surface area contributed by atoms with Crippen LogP contribution in [0.15, 0.2) is 48.8 Å². The van der Waals surface area contributed by atoms with Crippen LogP contribution in [0.4, 0.5) is 0 Å². The second kappa shape index (κ2) is 12.3. The number of aliphatic hydroxyl groups excluding tert-OH is 2. The quantitative estimate of drug-likeness (QED) is 0.146. The number of phenols is 3. The van der Waals surface area contributed by atoms with E-state index in [1.807, 2.05) is 30.6 Å². The van der Waals surface area contributed by atoms with E-state index in [2.05, 4.69) is 30.1 Å². The molecule has 2 aromatic carbocycles. The molecule has 1 saturated carbocycles. The zero-order valence-electron chi connectivity index (χ0n) is 24.9. The number of methoxy groups -OCH3 is 1. The summed E-state index contributed by atoms with van der Waals surface area (Å²) >= 11 is 0. The van der Waals surface area contributed by atoms with Crippen LogP contribution >= 0.6 is 0 Å². The lowest BCUT2D eigenvalue weighted by atomic mass is 9.71. The van der Waals surface area contributed by atoms with E-state index in [0.29, 0.717) is 42.1 Å². The number of aliphatic hydroxyl groups is 2. The van der Waals surface area contributed by atoms with Crippen LogP contribution in [0.2, 0.25) is 0 Å². The fraction of sp³-hybridized carbons (Fsp3) is 0.486. The number of H-pyrrole nitrogens is 1. The van der Waals surface area contributed by atoms with Crippen LogP contribution in [0.1, 0.15) is 96.8 Å². The molecule has 8 nitrogen and oxygen atoms in total. The van der Waals surface area contributed by atoms with E-state index < -0.39 is 30.3 Å². The van der Waals surface area contributed by atoms with Gasteiger partial charge in [-0.1, -0.05) is 31.2 Å². The predicted octanol–water partition coefficient (Wildman–Crippen LogP) is 6.07. The summed E-state index contributed by atoms with van der Waals surface area (Å²) in [6.07, 6.45) is 11.8. The predicted molar refractivity (Wildman–Crippen MR) is 163 cm³/mol. The Bertz CT molecular complexity index is 1470. The Balaban J connectivity index is 1.32. The van der Waals surface area contributed by atoms with Gasteiger partial charge in [-0.05, 0) is 72.8 Å². The molecule has 1 saturated heterocycles. The molecule has 1 aliphatic heterocycles. The Labute approximate surface area is 252 Å². The lowest BCUT2D eigenvalue weighted by Gasteiger charge is -2.45. The molecule has 230 valence electrons. The highest BCUT2D eigenvalue weighted by molar-refractivity contribution is 5.64. The summed E-state index contributed by atoms with van der Waals surface area (Å²) in [6, 6.07) is 7.90. The Morgan fingerprint density at radius 2 is 1.86 bits per heavy atom. The summed E-state index contributed by atoms with van der Waals surface area (Å²) in [7, 11) is 1.44. The smallest absolute Gasteiger partial charge is 0.201 e. The van der Waals surface area contributed by atoms with E-state index in [0.717, 1.165) is 36.8 Å². The van der Waals surface area contributed by atoms with E-state index in [1.165, 1.54) is 12.7 Å². The molecule has 6 N–H and O–H groups in total. The molecule has 2 aliphatic carbocycles. The third-order valence-corrected chi connectivity index (χ3v) is 9.99. The average molecular weight is 590 g/mol. The lowest BCUT2D eigenvalue weighted by Crippen LogP contribution is -2.44. The summed E-state index contributed by atoms with van der Waals surface area (Å²) in [5, 5.41) is 54.2. The maximum absolute atomic E-state index is 11.4. The van der Waals surface area contributed by atoms with Crippen LogP contribution in [-0.2, 0) is 17.8 Å². The van der Waals surface area contributed by atoms with Gasteiger partial charge in [0.1, 0.15) is 5.75 Å². The van der Waals surface area contributed by atoms with Crippen molar-refractivity contribution in [1.29, 1.82) is 0 Å². The standard InChI is InChI=1S/C35H43NO7/c1-19-4-3-5-23(12-19)25-14-21(7-9-28(25)38)22-6-8-24-29(39)16-31(43-30(24)15-22)32-26(13-20-10-11-36-17-20)35(42-2)34(41)33(40)27(32)18-37/h3,5,7,9-11,14,17,19,22-24,29-31,36-41H,4,6,8,12-13,15-16,18H2,1-2H3/t19-,22+,23-,24+,29+,30+,31+/m1/s1. The van der Waals surface area contributed by atoms with Gasteiger partial charge in [-0.15, -0.1) is 0 Å². The fourth-order valence-corrected chi connectivity index (χ4v) is 7.78. The van der Waals surface area contributed by atoms with Crippen LogP contribution in [0, 0.1) is 11.8 Å². The van der Waals surface area contributed by atoms with Gasteiger partial charge in [0.2, 0.25) is 5.75 Å². The molecule has 0 amide bonds. The Morgan fingerprint density at radius 3 is 2.58 bits per heavy atom. The second-order valence-electron chi connectivity index (χ2n) is 12.7. The molecular weight excluding hydrogens is 546 g/mol. The largest absolute Gasteiger partial charge is 0.508 e. The molecule has 43 heavy (non-hydrogen) atoms. The number of hydrogen-bond acceptors (Lipinski definition) is 7. The van der Waals surface area contributed by atoms with Crippen LogP contribution < -0.4 is 4.74 Å². The van der Waals surface area contributed by atoms with Crippen molar-refractivity contribution in [3.8, 4) is 23.0 Å². The van der Waals surface area contributed by atoms with Gasteiger partial charge < -0.3 is 40.0 Å². The fourth-order valence-electron chi connectivity index (χ4n) is 7.78. The number of aromatic amines is 1. The Morgan fingerprint density at radius 1 is 1.02 bits per heavy atom. The number of aromatic hydroxyl groups is 3. The highest BCUT2D eigenvalue weighted by Gasteiger charge is 2.44. The van der Waals surface area contributed by atoms with Crippen molar-refractivity contribution < 1.29 is 35.0 Å². The van der Waals surface area contributed by atoms with Crippen molar-refractivity contribution >= 4 is 0 Å². The molecule has 0 unspecified atom stereocenters. The average Bonchev–Trinajstić information content (AvgIpc) is 3.52. The van der Waals surface area contributed by atoms with Crippen molar-refractivity contribution in [3.05, 3.63) is 82.2 Å². The molecule has 2 fully saturated rings. The topological polar surface area (TPSA) is 135 Å². The van der Waals surface area contributed by atoms with E-state index in [4.69, 9.17) is 9.47 Å². The summed E-state index contributed by atoms with van der Waals surface area (Å²) in [6.45, 7) is 1.74. The minimum Gasteiger partial charge on any atom is -0.508 e. The number of hydrogen-bond donors (Lipinski definition) is 6. The highest BCUT2D eigenvalue weighted by atomic mass is 16.5. The number of phenolic OH excluding ortho intramolecular Hbond substituents is 2. The molecule has 7 atom stereocenters. The molecular formula is C35H43NO7. The van der Waals surface area contributed by atoms with E-state index >= 15 is 0 Å². The second-order valence-corrected chi connectivity index (χ2v) is 12.7. The van der Waals surface area contributed by atoms with Crippen molar-refractivity contribution in [1.82, 2.24) is 4.98 Å². The van der Waals surface area contributed by atoms with Gasteiger partial charge >= 0.3 is 0 Å². The van der Waals surface area contributed by atoms with Crippen molar-refractivity contribution in [2.45, 2.75) is 88.6 Å². The maximum Gasteiger partial charge on any atom is 0.201 e. The summed E-state index contributed by atoms with van der Waals surface area (Å²) in [4.78, 5) is 3.04. The van der Waals surface area contributed by atoms with E-state index in [9.17, 15) is 25.5 Å². The molecule has 1 aromatic heterocycles. The number of ether oxygens (including phenoxy) is 2. The molecule has 6 rings (SSSR count).